The molecule has 1 fully saturated rings. The van der Waals surface area contributed by atoms with Crippen LogP contribution in [0.2, 0.25) is 0 Å². The first-order valence-electron chi connectivity index (χ1n) is 14.2. The van der Waals surface area contributed by atoms with Crippen molar-refractivity contribution in [2.75, 3.05) is 6.54 Å². The lowest BCUT2D eigenvalue weighted by Crippen LogP contribution is -2.48. The molecule has 3 rings (SSSR count). The molecule has 0 aromatic heterocycles. The minimum absolute atomic E-state index is 0.0245. The van der Waals surface area contributed by atoms with E-state index in [2.05, 4.69) is 6.58 Å². The number of carbonyl (C=O) groups is 2. The smallest absolute Gasteiger partial charge is 0.416 e. The molecule has 1 aliphatic rings. The van der Waals surface area contributed by atoms with Gasteiger partial charge in [0.25, 0.3) is 0 Å². The van der Waals surface area contributed by atoms with E-state index in [0.717, 1.165) is 12.1 Å². The lowest BCUT2D eigenvalue weighted by Gasteiger charge is -2.35. The van der Waals surface area contributed by atoms with Crippen molar-refractivity contribution < 1.29 is 54.5 Å². The van der Waals surface area contributed by atoms with Gasteiger partial charge in [0.1, 0.15) is 17.5 Å². The van der Waals surface area contributed by atoms with Crippen molar-refractivity contribution in [2.24, 2.45) is 0 Å². The van der Waals surface area contributed by atoms with Crippen molar-refractivity contribution in [1.29, 1.82) is 0 Å². The Morgan fingerprint density at radius 3 is 2.02 bits per heavy atom. The van der Waals surface area contributed by atoms with E-state index in [1.165, 1.54) is 30.9 Å². The highest BCUT2D eigenvalue weighted by atomic mass is 19.4. The van der Waals surface area contributed by atoms with Crippen LogP contribution in [0.4, 0.5) is 35.5 Å². The number of carbonyl (C=O) groups excluding carboxylic acids is 2. The van der Waals surface area contributed by atoms with Gasteiger partial charge in [0.2, 0.25) is 0 Å². The van der Waals surface area contributed by atoms with E-state index in [1.54, 1.807) is 26.8 Å². The van der Waals surface area contributed by atoms with E-state index in [1.807, 2.05) is 0 Å². The number of ether oxygens (including phenoxy) is 3. The molecule has 0 aliphatic carbocycles. The summed E-state index contributed by atoms with van der Waals surface area (Å²) in [4.78, 5) is 27.0. The number of nitrogens with zero attached hydrogens (tertiary/aromatic N) is 1. The molecule has 0 saturated carbocycles. The minimum Gasteiger partial charge on any atom is -0.460 e. The van der Waals surface area contributed by atoms with Gasteiger partial charge < -0.3 is 14.2 Å². The van der Waals surface area contributed by atoms with Crippen LogP contribution in [-0.4, -0.2) is 47.4 Å². The number of allylic oxidation sites excluding steroid dienone is 1. The highest BCUT2D eigenvalue weighted by Gasteiger charge is 2.51. The van der Waals surface area contributed by atoms with Crippen LogP contribution in [0.5, 0.6) is 0 Å². The zero-order valence-corrected chi connectivity index (χ0v) is 25.5. The van der Waals surface area contributed by atoms with Gasteiger partial charge in [-0.15, -0.1) is 6.58 Å². The van der Waals surface area contributed by atoms with Gasteiger partial charge in [-0.1, -0.05) is 18.2 Å². The molecule has 6 nitrogen and oxygen atoms in total. The van der Waals surface area contributed by atoms with Crippen molar-refractivity contribution in [3.63, 3.8) is 0 Å². The summed E-state index contributed by atoms with van der Waals surface area (Å²) in [6.07, 6.45) is -12.2. The Balaban J connectivity index is 2.16. The normalized spacial score (nSPS) is 20.4. The average Bonchev–Trinajstić information content (AvgIpc) is 3.28. The zero-order chi connectivity index (χ0) is 33.9. The number of benzene rings is 2. The second kappa shape index (κ2) is 13.8. The Kier molecular flexibility index (Phi) is 11.0. The van der Waals surface area contributed by atoms with Crippen molar-refractivity contribution >= 4 is 12.1 Å². The third-order valence-corrected chi connectivity index (χ3v) is 7.20. The van der Waals surface area contributed by atoms with Gasteiger partial charge >= 0.3 is 24.4 Å². The average molecular weight is 648 g/mol. The summed E-state index contributed by atoms with van der Waals surface area (Å²) < 4.78 is 113. The topological polar surface area (TPSA) is 65.1 Å². The lowest BCUT2D eigenvalue weighted by molar-refractivity contribution is -0.150. The number of amides is 1. The van der Waals surface area contributed by atoms with E-state index < -0.39 is 82.8 Å². The fourth-order valence-electron chi connectivity index (χ4n) is 5.37. The molecule has 1 amide bonds. The fourth-order valence-corrected chi connectivity index (χ4v) is 5.37. The van der Waals surface area contributed by atoms with E-state index in [0.29, 0.717) is 24.1 Å². The molecule has 0 spiro atoms. The molecule has 1 unspecified atom stereocenters. The van der Waals surface area contributed by atoms with Crippen LogP contribution in [0.1, 0.15) is 81.7 Å². The number of alkyl halides is 6. The van der Waals surface area contributed by atoms with Gasteiger partial charge in [0, 0.05) is 12.8 Å². The molecular formula is C32H36F7NO5. The van der Waals surface area contributed by atoms with Crippen LogP contribution < -0.4 is 0 Å². The van der Waals surface area contributed by atoms with Crippen LogP contribution >= 0.6 is 0 Å². The largest absolute Gasteiger partial charge is 0.460 e. The number of hydrogen-bond donors (Lipinski definition) is 0. The summed E-state index contributed by atoms with van der Waals surface area (Å²) in [5.74, 6) is -2.11. The summed E-state index contributed by atoms with van der Waals surface area (Å²) in [5.41, 5.74) is -3.93. The lowest BCUT2D eigenvalue weighted by atomic mass is 9.85. The summed E-state index contributed by atoms with van der Waals surface area (Å²) in [6, 6.07) is 5.39. The van der Waals surface area contributed by atoms with Gasteiger partial charge in [0.05, 0.1) is 35.9 Å². The SMILES string of the molecule is C=CCCC(OC(C)=O)[C@H]1[C@H](c2ccc(F)cc2)[C@@H](O[C@H](C)c2cc(C(F)(F)F)cc(C(F)(F)F)c2)CN1C(=O)OC(C)(C)C. The maximum atomic E-state index is 14.0. The molecule has 1 aliphatic heterocycles. The Bertz CT molecular complexity index is 1320. The first-order chi connectivity index (χ1) is 20.7. The number of hydrogen-bond acceptors (Lipinski definition) is 5. The Morgan fingerprint density at radius 2 is 1.56 bits per heavy atom. The standard InChI is InChI=1S/C32H36F7NO5/c1-7-8-9-25(44-19(3)41)28-27(20-10-12-24(33)13-11-20)26(17-40(28)29(42)45-30(4,5)6)43-18(2)21-14-22(31(34,35)36)16-23(15-21)32(37,38)39/h7,10-16,18,25-28H,1,8-9,17H2,2-6H3/t18-,25?,26+,27-,28+/m1/s1. The fraction of sp³-hybridized carbons (Fsp3) is 0.500. The van der Waals surface area contributed by atoms with Crippen LogP contribution in [-0.2, 0) is 31.4 Å². The number of likely N-dealkylation sites (tertiary alicyclic amines) is 1. The quantitative estimate of drug-likeness (QED) is 0.155. The molecule has 1 heterocycles. The summed E-state index contributed by atoms with van der Waals surface area (Å²) in [5, 5.41) is 0. The van der Waals surface area contributed by atoms with Gasteiger partial charge in [-0.3, -0.25) is 9.69 Å². The Hall–Kier alpha value is -3.61. The van der Waals surface area contributed by atoms with Crippen LogP contribution in [0.25, 0.3) is 0 Å². The molecular weight excluding hydrogens is 611 g/mol. The minimum atomic E-state index is -5.07. The maximum Gasteiger partial charge on any atom is 0.416 e. The van der Waals surface area contributed by atoms with Gasteiger partial charge in [-0.05, 0) is 82.0 Å². The van der Waals surface area contributed by atoms with E-state index in [9.17, 15) is 40.3 Å². The third kappa shape index (κ3) is 9.44. The van der Waals surface area contributed by atoms with E-state index >= 15 is 0 Å². The monoisotopic (exact) mass is 647 g/mol. The Labute approximate surface area is 257 Å². The predicted octanol–water partition coefficient (Wildman–Crippen LogP) is 8.61. The van der Waals surface area contributed by atoms with Crippen molar-refractivity contribution in [1.82, 2.24) is 4.90 Å². The number of rotatable bonds is 9. The first kappa shape index (κ1) is 35.9. The molecule has 2 aromatic carbocycles. The second-order valence-electron chi connectivity index (χ2n) is 11.9. The predicted molar refractivity (Wildman–Crippen MR) is 151 cm³/mol. The molecule has 2 aromatic rings. The molecule has 0 radical (unpaired) electrons. The molecule has 13 heteroatoms. The van der Waals surface area contributed by atoms with Crippen molar-refractivity contribution in [3.05, 3.63) is 83.2 Å². The maximum absolute atomic E-state index is 14.0. The van der Waals surface area contributed by atoms with Crippen LogP contribution in [0, 0.1) is 5.82 Å². The summed E-state index contributed by atoms with van der Waals surface area (Å²) in [6.45, 7) is 10.8. The molecule has 45 heavy (non-hydrogen) atoms. The van der Waals surface area contributed by atoms with Gasteiger partial charge in [-0.2, -0.15) is 26.3 Å². The third-order valence-electron chi connectivity index (χ3n) is 7.20. The number of halogens is 7. The molecule has 0 bridgehead atoms. The highest BCUT2D eigenvalue weighted by Crippen LogP contribution is 2.43. The summed E-state index contributed by atoms with van der Waals surface area (Å²) in [7, 11) is 0. The van der Waals surface area contributed by atoms with E-state index in [-0.39, 0.29) is 19.0 Å². The van der Waals surface area contributed by atoms with Gasteiger partial charge in [0.15, 0.2) is 0 Å². The van der Waals surface area contributed by atoms with Crippen LogP contribution in [0.3, 0.4) is 0 Å². The van der Waals surface area contributed by atoms with E-state index in [4.69, 9.17) is 14.2 Å². The molecule has 0 N–H and O–H groups in total. The molecule has 1 saturated heterocycles. The van der Waals surface area contributed by atoms with Crippen molar-refractivity contribution in [3.8, 4) is 0 Å². The van der Waals surface area contributed by atoms with Crippen LogP contribution in [0.15, 0.2) is 55.1 Å². The van der Waals surface area contributed by atoms with Crippen molar-refractivity contribution in [2.45, 2.75) is 95.7 Å². The molecule has 248 valence electrons. The Morgan fingerprint density at radius 1 is 1.00 bits per heavy atom. The highest BCUT2D eigenvalue weighted by molar-refractivity contribution is 5.70. The number of esters is 1. The zero-order valence-electron chi connectivity index (χ0n) is 25.5. The first-order valence-corrected chi connectivity index (χ1v) is 14.2. The molecule has 5 atom stereocenters. The second-order valence-corrected chi connectivity index (χ2v) is 11.9. The van der Waals surface area contributed by atoms with Gasteiger partial charge in [-0.25, -0.2) is 9.18 Å². The summed E-state index contributed by atoms with van der Waals surface area (Å²) >= 11 is 0.